The first-order chi connectivity index (χ1) is 8.70. The van der Waals surface area contributed by atoms with Crippen molar-refractivity contribution in [3.63, 3.8) is 0 Å². The third-order valence-corrected chi connectivity index (χ3v) is 4.81. The van der Waals surface area contributed by atoms with Gasteiger partial charge < -0.3 is 10.0 Å². The number of thiazole rings is 1. The van der Waals surface area contributed by atoms with Gasteiger partial charge in [-0.25, -0.2) is 9.67 Å². The molecule has 1 saturated heterocycles. The van der Waals surface area contributed by atoms with Gasteiger partial charge in [-0.05, 0) is 26.2 Å². The maximum atomic E-state index is 9.12. The van der Waals surface area contributed by atoms with Crippen LogP contribution < -0.4 is 4.90 Å². The lowest BCUT2D eigenvalue weighted by Gasteiger charge is -2.23. The molecule has 1 fully saturated rings. The summed E-state index contributed by atoms with van der Waals surface area (Å²) in [5.41, 5.74) is 2.02. The molecule has 1 N–H and O–H groups in total. The van der Waals surface area contributed by atoms with Gasteiger partial charge in [-0.1, -0.05) is 11.3 Å². The van der Waals surface area contributed by atoms with E-state index in [1.54, 1.807) is 11.3 Å². The number of hydrogen-bond donors (Lipinski definition) is 1. The first kappa shape index (κ1) is 11.9. The fraction of sp³-hybridized carbons (Fsp3) is 0.667. The molecule has 3 rings (SSSR count). The van der Waals surface area contributed by atoms with E-state index in [1.807, 2.05) is 18.7 Å². The second-order valence-corrected chi connectivity index (χ2v) is 5.84. The molecular weight excluding hydrogens is 248 g/mol. The van der Waals surface area contributed by atoms with E-state index >= 15 is 0 Å². The van der Waals surface area contributed by atoms with Crippen molar-refractivity contribution in [1.82, 2.24) is 14.8 Å². The van der Waals surface area contributed by atoms with Crippen molar-refractivity contribution in [2.24, 2.45) is 7.05 Å². The van der Waals surface area contributed by atoms with Crippen LogP contribution in [0.4, 0.5) is 5.13 Å². The predicted molar refractivity (Wildman–Crippen MR) is 73.2 cm³/mol. The molecule has 0 radical (unpaired) electrons. The van der Waals surface area contributed by atoms with Crippen LogP contribution in [0.2, 0.25) is 0 Å². The standard InChI is InChI=1S/C12H18N4OS/c1-8-10-11(15(2)14-8)13-12(18-10)16-6-3-4-9(16)5-7-17/h9,17H,3-7H2,1-2H3/t9-/m0/s1. The van der Waals surface area contributed by atoms with Crippen molar-refractivity contribution >= 4 is 26.8 Å². The molecule has 0 bridgehead atoms. The second kappa shape index (κ2) is 4.51. The summed E-state index contributed by atoms with van der Waals surface area (Å²) < 4.78 is 3.03. The molecule has 0 amide bonds. The number of aliphatic hydroxyl groups is 1. The molecule has 0 spiro atoms. The average molecular weight is 266 g/mol. The Morgan fingerprint density at radius 3 is 3.06 bits per heavy atom. The molecule has 98 valence electrons. The van der Waals surface area contributed by atoms with Crippen molar-refractivity contribution in [1.29, 1.82) is 0 Å². The first-order valence-corrected chi connectivity index (χ1v) is 7.20. The van der Waals surface area contributed by atoms with E-state index in [-0.39, 0.29) is 6.61 Å². The SMILES string of the molecule is Cc1nn(C)c2nc(N3CCC[C@H]3CCO)sc12. The third kappa shape index (κ3) is 1.80. The molecule has 0 aromatic carbocycles. The maximum absolute atomic E-state index is 9.12. The van der Waals surface area contributed by atoms with Crippen LogP contribution in [-0.4, -0.2) is 39.1 Å². The van der Waals surface area contributed by atoms with Gasteiger partial charge in [0, 0.05) is 26.2 Å². The topological polar surface area (TPSA) is 54.2 Å². The van der Waals surface area contributed by atoms with E-state index in [0.29, 0.717) is 6.04 Å². The largest absolute Gasteiger partial charge is 0.396 e. The van der Waals surface area contributed by atoms with Crippen molar-refractivity contribution in [3.8, 4) is 0 Å². The minimum Gasteiger partial charge on any atom is -0.396 e. The van der Waals surface area contributed by atoms with Gasteiger partial charge in [0.25, 0.3) is 0 Å². The number of hydrogen-bond acceptors (Lipinski definition) is 5. The van der Waals surface area contributed by atoms with E-state index in [1.165, 1.54) is 11.1 Å². The zero-order valence-electron chi connectivity index (χ0n) is 10.8. The van der Waals surface area contributed by atoms with Crippen molar-refractivity contribution in [2.75, 3.05) is 18.1 Å². The molecule has 0 saturated carbocycles. The van der Waals surface area contributed by atoms with Crippen molar-refractivity contribution in [3.05, 3.63) is 5.69 Å². The molecular formula is C12H18N4OS. The highest BCUT2D eigenvalue weighted by Gasteiger charge is 2.27. The highest BCUT2D eigenvalue weighted by Crippen LogP contribution is 2.35. The van der Waals surface area contributed by atoms with Crippen LogP contribution in [-0.2, 0) is 7.05 Å². The average Bonchev–Trinajstić information content (AvgIpc) is 2.98. The zero-order chi connectivity index (χ0) is 12.7. The summed E-state index contributed by atoms with van der Waals surface area (Å²) in [6.45, 7) is 3.34. The molecule has 2 aromatic heterocycles. The number of anilines is 1. The predicted octanol–water partition coefficient (Wildman–Crippen LogP) is 1.69. The second-order valence-electron chi connectivity index (χ2n) is 4.86. The van der Waals surface area contributed by atoms with Gasteiger partial charge in [0.15, 0.2) is 10.8 Å². The Hall–Kier alpha value is -1.14. The molecule has 18 heavy (non-hydrogen) atoms. The lowest BCUT2D eigenvalue weighted by atomic mass is 10.2. The Morgan fingerprint density at radius 1 is 1.50 bits per heavy atom. The Labute approximate surface area is 110 Å². The Bertz CT molecular complexity index is 527. The first-order valence-electron chi connectivity index (χ1n) is 6.38. The molecule has 2 aromatic rings. The smallest absolute Gasteiger partial charge is 0.188 e. The molecule has 0 unspecified atom stereocenters. The minimum absolute atomic E-state index is 0.257. The molecule has 5 nitrogen and oxygen atoms in total. The highest BCUT2D eigenvalue weighted by molar-refractivity contribution is 7.22. The monoisotopic (exact) mass is 266 g/mol. The molecule has 3 heterocycles. The minimum atomic E-state index is 0.257. The molecule has 1 aliphatic heterocycles. The molecule has 0 aliphatic carbocycles. The number of aliphatic hydroxyl groups excluding tert-OH is 1. The highest BCUT2D eigenvalue weighted by atomic mass is 32.1. The number of aromatic nitrogens is 3. The molecule has 1 aliphatic rings. The van der Waals surface area contributed by atoms with Gasteiger partial charge >= 0.3 is 0 Å². The van der Waals surface area contributed by atoms with E-state index in [4.69, 9.17) is 10.1 Å². The molecule has 6 heteroatoms. The van der Waals surface area contributed by atoms with Crippen LogP contribution in [0, 0.1) is 6.92 Å². The van der Waals surface area contributed by atoms with Gasteiger partial charge in [-0.3, -0.25) is 0 Å². The van der Waals surface area contributed by atoms with Gasteiger partial charge in [0.2, 0.25) is 0 Å². The van der Waals surface area contributed by atoms with E-state index in [0.717, 1.165) is 35.9 Å². The summed E-state index contributed by atoms with van der Waals surface area (Å²) in [4.78, 5) is 7.06. The van der Waals surface area contributed by atoms with E-state index in [9.17, 15) is 0 Å². The Morgan fingerprint density at radius 2 is 2.33 bits per heavy atom. The van der Waals surface area contributed by atoms with Crippen molar-refractivity contribution in [2.45, 2.75) is 32.2 Å². The lowest BCUT2D eigenvalue weighted by Crippen LogP contribution is -2.29. The Balaban J connectivity index is 1.96. The van der Waals surface area contributed by atoms with Crippen LogP contribution >= 0.6 is 11.3 Å². The molecule has 1 atom stereocenters. The van der Waals surface area contributed by atoms with Crippen LogP contribution in [0.3, 0.4) is 0 Å². The number of fused-ring (bicyclic) bond motifs is 1. The fourth-order valence-corrected chi connectivity index (χ4v) is 3.86. The van der Waals surface area contributed by atoms with Gasteiger partial charge in [-0.2, -0.15) is 5.10 Å². The summed E-state index contributed by atoms with van der Waals surface area (Å²) in [7, 11) is 1.94. The number of rotatable bonds is 3. The van der Waals surface area contributed by atoms with Crippen LogP contribution in [0.15, 0.2) is 0 Å². The van der Waals surface area contributed by atoms with Crippen LogP contribution in [0.5, 0.6) is 0 Å². The maximum Gasteiger partial charge on any atom is 0.188 e. The summed E-state index contributed by atoms with van der Waals surface area (Å²) in [6, 6.07) is 0.448. The summed E-state index contributed by atoms with van der Waals surface area (Å²) in [5, 5.41) is 14.6. The van der Waals surface area contributed by atoms with Gasteiger partial charge in [0.1, 0.15) is 0 Å². The van der Waals surface area contributed by atoms with E-state index in [2.05, 4.69) is 10.00 Å². The normalized spacial score (nSPS) is 20.2. The summed E-state index contributed by atoms with van der Waals surface area (Å²) >= 11 is 1.72. The Kier molecular flexibility index (Phi) is 2.99. The van der Waals surface area contributed by atoms with Crippen LogP contribution in [0.1, 0.15) is 25.0 Å². The van der Waals surface area contributed by atoms with Crippen molar-refractivity contribution < 1.29 is 5.11 Å². The number of nitrogens with zero attached hydrogens (tertiary/aromatic N) is 4. The summed E-state index contributed by atoms with van der Waals surface area (Å²) in [6.07, 6.45) is 3.19. The zero-order valence-corrected chi connectivity index (χ0v) is 11.6. The third-order valence-electron chi connectivity index (χ3n) is 3.62. The quantitative estimate of drug-likeness (QED) is 0.918. The lowest BCUT2D eigenvalue weighted by molar-refractivity contribution is 0.276. The fourth-order valence-electron chi connectivity index (χ4n) is 2.73. The van der Waals surface area contributed by atoms with Gasteiger partial charge in [0.05, 0.1) is 10.4 Å². The van der Waals surface area contributed by atoms with Crippen LogP contribution in [0.25, 0.3) is 10.3 Å². The van der Waals surface area contributed by atoms with E-state index < -0.39 is 0 Å². The number of aryl methyl sites for hydroxylation is 2. The summed E-state index contributed by atoms with van der Waals surface area (Å²) in [5.74, 6) is 0. The van der Waals surface area contributed by atoms with Gasteiger partial charge in [-0.15, -0.1) is 0 Å².